The number of aromatic nitrogens is 1. The maximum Gasteiger partial charge on any atom is 0.143 e. The molecule has 2 heterocycles. The van der Waals surface area contributed by atoms with E-state index < -0.39 is 0 Å². The Morgan fingerprint density at radius 2 is 1.00 bits per heavy atom. The SMILES string of the molecule is [2H]c1c([2H])c(N(c2ccc(-c3cccc4ccccc34)cc2)c2cccc3oc4c5ccccc5ccc4c23)c([2H])c([2H])c1-c1ccccc1-n1c2ccccc2c2ccccc21. The van der Waals surface area contributed by atoms with Crippen molar-refractivity contribution in [1.29, 1.82) is 0 Å². The van der Waals surface area contributed by atoms with Crippen LogP contribution in [0.5, 0.6) is 0 Å². The number of para-hydroxylation sites is 3. The van der Waals surface area contributed by atoms with Crippen molar-refractivity contribution in [2.75, 3.05) is 4.90 Å². The molecule has 0 atom stereocenters. The van der Waals surface area contributed by atoms with Crippen molar-refractivity contribution in [1.82, 2.24) is 4.57 Å². The van der Waals surface area contributed by atoms with Crippen molar-refractivity contribution in [3.63, 3.8) is 0 Å². The lowest BCUT2D eigenvalue weighted by Crippen LogP contribution is -2.10. The molecule has 0 spiro atoms. The Bertz CT molecular complexity index is 3720. The molecule has 0 aliphatic carbocycles. The number of nitrogens with zero attached hydrogens (tertiary/aromatic N) is 2. The van der Waals surface area contributed by atoms with Gasteiger partial charge in [0.15, 0.2) is 0 Å². The number of benzene rings is 10. The number of rotatable bonds is 6. The van der Waals surface area contributed by atoms with Crippen LogP contribution in [0, 0.1) is 0 Å². The van der Waals surface area contributed by atoms with Gasteiger partial charge in [-0.1, -0.05) is 158 Å². The quantitative estimate of drug-likeness (QED) is 0.168. The largest absolute Gasteiger partial charge is 0.455 e. The smallest absolute Gasteiger partial charge is 0.143 e. The fourth-order valence-corrected chi connectivity index (χ4v) is 8.99. The maximum atomic E-state index is 9.91. The summed E-state index contributed by atoms with van der Waals surface area (Å²) < 4.78 is 48.2. The minimum atomic E-state index is -0.156. The van der Waals surface area contributed by atoms with Crippen LogP contribution in [0.25, 0.3) is 93.2 Å². The number of furan rings is 1. The maximum absolute atomic E-state index is 9.91. The molecule has 12 rings (SSSR count). The molecule has 12 aromatic rings. The van der Waals surface area contributed by atoms with Crippen LogP contribution in [0.1, 0.15) is 5.48 Å². The molecule has 0 aliphatic rings. The third kappa shape index (κ3) is 5.29. The summed E-state index contributed by atoms with van der Waals surface area (Å²) in [6.07, 6.45) is 0. The number of fused-ring (bicyclic) bond motifs is 9. The lowest BCUT2D eigenvalue weighted by molar-refractivity contribution is 0.672. The average molecular weight is 757 g/mol. The minimum Gasteiger partial charge on any atom is -0.455 e. The Kier molecular flexibility index (Phi) is 6.65. The molecule has 3 nitrogen and oxygen atoms in total. The Hall–Kier alpha value is -7.88. The van der Waals surface area contributed by atoms with Crippen LogP contribution in [0.4, 0.5) is 17.1 Å². The predicted octanol–water partition coefficient (Wildman–Crippen LogP) is 15.8. The zero-order valence-electron chi connectivity index (χ0n) is 35.8. The summed E-state index contributed by atoms with van der Waals surface area (Å²) in [5.74, 6) is 0. The summed E-state index contributed by atoms with van der Waals surface area (Å²) in [5, 5.41) is 8.22. The second-order valence-corrected chi connectivity index (χ2v) is 14.9. The molecule has 0 amide bonds. The van der Waals surface area contributed by atoms with E-state index in [4.69, 9.17) is 4.42 Å². The van der Waals surface area contributed by atoms with Gasteiger partial charge in [-0.2, -0.15) is 0 Å². The minimum absolute atomic E-state index is 0.133. The van der Waals surface area contributed by atoms with Gasteiger partial charge >= 0.3 is 0 Å². The fourth-order valence-electron chi connectivity index (χ4n) is 8.99. The lowest BCUT2D eigenvalue weighted by atomic mass is 9.98. The average Bonchev–Trinajstić information content (AvgIpc) is 3.89. The molecule has 0 bridgehead atoms. The highest BCUT2D eigenvalue weighted by Crippen LogP contribution is 2.45. The number of hydrogen-bond donors (Lipinski definition) is 0. The molecule has 0 unspecified atom stereocenters. The molecule has 2 aromatic heterocycles. The van der Waals surface area contributed by atoms with Gasteiger partial charge in [-0.25, -0.2) is 0 Å². The molecule has 3 heteroatoms. The second kappa shape index (κ2) is 13.4. The van der Waals surface area contributed by atoms with E-state index in [1.807, 2.05) is 102 Å². The van der Waals surface area contributed by atoms with E-state index in [1.54, 1.807) is 0 Å². The van der Waals surface area contributed by atoms with Crippen molar-refractivity contribution in [3.8, 4) is 27.9 Å². The Labute approximate surface area is 346 Å². The van der Waals surface area contributed by atoms with Crippen LogP contribution in [-0.4, -0.2) is 4.57 Å². The molecular formula is C56H36N2O. The van der Waals surface area contributed by atoms with Crippen LogP contribution >= 0.6 is 0 Å². The van der Waals surface area contributed by atoms with Gasteiger partial charge < -0.3 is 13.9 Å². The van der Waals surface area contributed by atoms with Gasteiger partial charge in [-0.05, 0) is 93.5 Å². The van der Waals surface area contributed by atoms with E-state index in [9.17, 15) is 5.48 Å². The molecule has 59 heavy (non-hydrogen) atoms. The molecule has 10 aromatic carbocycles. The van der Waals surface area contributed by atoms with E-state index in [2.05, 4.69) is 102 Å². The molecule has 276 valence electrons. The van der Waals surface area contributed by atoms with Gasteiger partial charge in [-0.3, -0.25) is 0 Å². The number of hydrogen-bond acceptors (Lipinski definition) is 2. The number of anilines is 3. The predicted molar refractivity (Wildman–Crippen MR) is 249 cm³/mol. The van der Waals surface area contributed by atoms with E-state index >= 15 is 0 Å². The molecule has 0 aliphatic heterocycles. The molecule has 0 radical (unpaired) electrons. The zero-order valence-corrected chi connectivity index (χ0v) is 31.8. The summed E-state index contributed by atoms with van der Waals surface area (Å²) in [6.45, 7) is 0. The van der Waals surface area contributed by atoms with Crippen molar-refractivity contribution in [2.24, 2.45) is 0 Å². The van der Waals surface area contributed by atoms with E-state index in [0.717, 1.165) is 76.5 Å². The summed E-state index contributed by atoms with van der Waals surface area (Å²) in [5.41, 5.74) is 8.61. The first-order valence-electron chi connectivity index (χ1n) is 21.9. The summed E-state index contributed by atoms with van der Waals surface area (Å²) in [4.78, 5) is 1.88. The Balaban J connectivity index is 1.10. The van der Waals surface area contributed by atoms with Gasteiger partial charge in [0.05, 0.1) is 33.3 Å². The first-order chi connectivity index (χ1) is 31.0. The molecule has 0 saturated carbocycles. The summed E-state index contributed by atoms with van der Waals surface area (Å²) >= 11 is 0. The highest BCUT2D eigenvalue weighted by Gasteiger charge is 2.21. The van der Waals surface area contributed by atoms with Crippen LogP contribution in [0.15, 0.2) is 223 Å². The van der Waals surface area contributed by atoms with Crippen molar-refractivity contribution < 1.29 is 9.90 Å². The van der Waals surface area contributed by atoms with Crippen LogP contribution in [0.3, 0.4) is 0 Å². The monoisotopic (exact) mass is 756 g/mol. The second-order valence-electron chi connectivity index (χ2n) is 14.9. The van der Waals surface area contributed by atoms with Crippen molar-refractivity contribution >= 4 is 82.4 Å². The van der Waals surface area contributed by atoms with Gasteiger partial charge in [0.1, 0.15) is 11.2 Å². The normalized spacial score (nSPS) is 12.7. The molecule has 0 saturated heterocycles. The Morgan fingerprint density at radius 3 is 1.76 bits per heavy atom. The summed E-state index contributed by atoms with van der Waals surface area (Å²) in [7, 11) is 0. The third-order valence-electron chi connectivity index (χ3n) is 11.7. The molecular weight excluding hydrogens is 717 g/mol. The third-order valence-corrected chi connectivity index (χ3v) is 11.7. The van der Waals surface area contributed by atoms with Crippen LogP contribution in [0.2, 0.25) is 0 Å². The zero-order chi connectivity index (χ0) is 42.3. The Morgan fingerprint density at radius 1 is 0.407 bits per heavy atom. The van der Waals surface area contributed by atoms with E-state index in [1.165, 1.54) is 0 Å². The van der Waals surface area contributed by atoms with Crippen LogP contribution in [-0.2, 0) is 0 Å². The molecule has 0 fully saturated rings. The highest BCUT2D eigenvalue weighted by molar-refractivity contribution is 6.19. The standard InChI is InChI=1S/C56H36N2O/c1-3-16-43-37(13-1)15-11-21-44(43)39-27-32-41(33-28-39)57(53-25-12-26-54-55(53)49-36-31-38-14-2-4-18-46(38)56(49)59-54)42-34-29-40(30-35-42)45-17-5-8-22-50(45)58-51-23-9-6-19-47(51)48-20-7-10-24-52(48)58/h1-36H/i29D,30D,34D,35D. The van der Waals surface area contributed by atoms with Crippen molar-refractivity contribution in [3.05, 3.63) is 218 Å². The van der Waals surface area contributed by atoms with E-state index in [-0.39, 0.29) is 35.4 Å². The fraction of sp³-hybridized carbons (Fsp3) is 0. The highest BCUT2D eigenvalue weighted by atomic mass is 16.3. The van der Waals surface area contributed by atoms with Crippen LogP contribution < -0.4 is 4.90 Å². The van der Waals surface area contributed by atoms with Gasteiger partial charge in [0, 0.05) is 38.5 Å². The topological polar surface area (TPSA) is 21.3 Å². The summed E-state index contributed by atoms with van der Waals surface area (Å²) in [6, 6.07) is 64.6. The lowest BCUT2D eigenvalue weighted by Gasteiger charge is -2.27. The van der Waals surface area contributed by atoms with E-state index in [0.29, 0.717) is 22.5 Å². The molecule has 0 N–H and O–H groups in total. The van der Waals surface area contributed by atoms with Gasteiger partial charge in [-0.15, -0.1) is 0 Å². The van der Waals surface area contributed by atoms with Crippen molar-refractivity contribution in [2.45, 2.75) is 0 Å². The first kappa shape index (κ1) is 29.4. The first-order valence-corrected chi connectivity index (χ1v) is 19.9. The van der Waals surface area contributed by atoms with Gasteiger partial charge in [0.25, 0.3) is 0 Å². The van der Waals surface area contributed by atoms with Gasteiger partial charge in [0.2, 0.25) is 0 Å².